The SMILES string of the molecule is CCOP(=O)(OCC)/C(C(=O)Nc1ccccc1)=C(/Nc1cccc(C(F)(F)F)c1)c1ccccc1. The van der Waals surface area contributed by atoms with Gasteiger partial charge in [-0.1, -0.05) is 54.6 Å². The van der Waals surface area contributed by atoms with Gasteiger partial charge in [0, 0.05) is 11.4 Å². The van der Waals surface area contributed by atoms with Crippen molar-refractivity contribution in [2.45, 2.75) is 20.0 Å². The summed E-state index contributed by atoms with van der Waals surface area (Å²) in [6.45, 7) is 3.12. The van der Waals surface area contributed by atoms with Crippen molar-refractivity contribution in [1.29, 1.82) is 0 Å². The number of rotatable bonds is 10. The molecule has 3 aromatic carbocycles. The maximum absolute atomic E-state index is 14.0. The van der Waals surface area contributed by atoms with Crippen LogP contribution in [-0.4, -0.2) is 19.1 Å². The molecule has 0 saturated heterocycles. The molecule has 0 heterocycles. The first-order valence-electron chi connectivity index (χ1n) is 11.2. The highest BCUT2D eigenvalue weighted by Gasteiger charge is 2.39. The number of benzene rings is 3. The fourth-order valence-corrected chi connectivity index (χ4v) is 5.16. The van der Waals surface area contributed by atoms with Crippen LogP contribution in [0.5, 0.6) is 0 Å². The lowest BCUT2D eigenvalue weighted by Crippen LogP contribution is -2.20. The first-order chi connectivity index (χ1) is 17.2. The van der Waals surface area contributed by atoms with Gasteiger partial charge < -0.3 is 19.7 Å². The third kappa shape index (κ3) is 6.85. The lowest BCUT2D eigenvalue weighted by atomic mass is 10.1. The molecule has 0 aliphatic rings. The van der Waals surface area contributed by atoms with E-state index in [1.54, 1.807) is 74.5 Å². The Morgan fingerprint density at radius 2 is 1.36 bits per heavy atom. The fraction of sp³-hybridized carbons (Fsp3) is 0.192. The molecule has 2 N–H and O–H groups in total. The molecule has 36 heavy (non-hydrogen) atoms. The summed E-state index contributed by atoms with van der Waals surface area (Å²) in [5.74, 6) is -0.787. The molecule has 0 bridgehead atoms. The zero-order chi connectivity index (χ0) is 26.2. The predicted octanol–water partition coefficient (Wildman–Crippen LogP) is 7.39. The number of carbonyl (C=O) groups excluding carboxylic acids is 1. The molecule has 0 unspecified atom stereocenters. The minimum atomic E-state index is -4.58. The number of hydrogen-bond acceptors (Lipinski definition) is 5. The van der Waals surface area contributed by atoms with Crippen molar-refractivity contribution in [3.63, 3.8) is 0 Å². The van der Waals surface area contributed by atoms with Gasteiger partial charge in [-0.25, -0.2) is 0 Å². The molecule has 3 aromatic rings. The number of carbonyl (C=O) groups is 1. The van der Waals surface area contributed by atoms with Gasteiger partial charge in [-0.05, 0) is 49.7 Å². The molecule has 0 aliphatic heterocycles. The van der Waals surface area contributed by atoms with Crippen molar-refractivity contribution in [3.05, 3.63) is 101 Å². The van der Waals surface area contributed by atoms with Crippen LogP contribution >= 0.6 is 7.60 Å². The summed E-state index contributed by atoms with van der Waals surface area (Å²) in [5, 5.41) is 5.21. The Morgan fingerprint density at radius 3 is 1.92 bits per heavy atom. The number of anilines is 2. The van der Waals surface area contributed by atoms with Crippen molar-refractivity contribution in [1.82, 2.24) is 0 Å². The van der Waals surface area contributed by atoms with Gasteiger partial charge in [-0.2, -0.15) is 13.2 Å². The largest absolute Gasteiger partial charge is 0.416 e. The van der Waals surface area contributed by atoms with Crippen LogP contribution in [0.15, 0.2) is 90.2 Å². The number of amides is 1. The van der Waals surface area contributed by atoms with Crippen LogP contribution in [-0.2, 0) is 24.6 Å². The molecule has 0 spiro atoms. The zero-order valence-corrected chi connectivity index (χ0v) is 20.6. The highest BCUT2D eigenvalue weighted by molar-refractivity contribution is 7.60. The summed E-state index contributed by atoms with van der Waals surface area (Å²) in [5.41, 5.74) is -0.0337. The number of halogens is 3. The number of nitrogens with one attached hydrogen (secondary N) is 2. The van der Waals surface area contributed by atoms with E-state index in [1.165, 1.54) is 12.1 Å². The molecule has 0 aromatic heterocycles. The van der Waals surface area contributed by atoms with Crippen molar-refractivity contribution in [2.24, 2.45) is 0 Å². The van der Waals surface area contributed by atoms with E-state index in [4.69, 9.17) is 9.05 Å². The molecule has 10 heteroatoms. The molecular weight excluding hydrogens is 492 g/mol. The van der Waals surface area contributed by atoms with E-state index in [1.807, 2.05) is 0 Å². The van der Waals surface area contributed by atoms with Gasteiger partial charge in [-0.15, -0.1) is 0 Å². The van der Waals surface area contributed by atoms with Gasteiger partial charge in [0.05, 0.1) is 24.5 Å². The first-order valence-corrected chi connectivity index (χ1v) is 12.7. The smallest absolute Gasteiger partial charge is 0.354 e. The quantitative estimate of drug-likeness (QED) is 0.216. The molecule has 3 rings (SSSR count). The molecule has 6 nitrogen and oxygen atoms in total. The average molecular weight is 518 g/mol. The summed E-state index contributed by atoms with van der Waals surface area (Å²) < 4.78 is 65.1. The van der Waals surface area contributed by atoms with Crippen LogP contribution in [0.25, 0.3) is 5.70 Å². The van der Waals surface area contributed by atoms with Gasteiger partial charge in [0.2, 0.25) is 0 Å². The van der Waals surface area contributed by atoms with E-state index in [9.17, 15) is 22.5 Å². The second-order valence-electron chi connectivity index (χ2n) is 7.45. The van der Waals surface area contributed by atoms with Gasteiger partial charge in [0.25, 0.3) is 5.91 Å². The second kappa shape index (κ2) is 12.0. The van der Waals surface area contributed by atoms with Crippen LogP contribution < -0.4 is 10.6 Å². The average Bonchev–Trinajstić information content (AvgIpc) is 2.85. The molecular formula is C26H26F3N2O4P. The van der Waals surface area contributed by atoms with Crippen molar-refractivity contribution in [2.75, 3.05) is 23.8 Å². The Kier molecular flexibility index (Phi) is 9.09. The Balaban J connectivity index is 2.25. The molecule has 0 atom stereocenters. The Hall–Kier alpha value is -3.39. The third-order valence-corrected chi connectivity index (χ3v) is 7.05. The summed E-state index contributed by atoms with van der Waals surface area (Å²) in [4.78, 5) is 13.6. The van der Waals surface area contributed by atoms with Crippen molar-refractivity contribution in [3.8, 4) is 0 Å². The summed E-state index contributed by atoms with van der Waals surface area (Å²) in [6, 6.07) is 21.3. The third-order valence-electron chi connectivity index (χ3n) is 4.88. The lowest BCUT2D eigenvalue weighted by molar-refractivity contribution is -0.137. The maximum Gasteiger partial charge on any atom is 0.416 e. The van der Waals surface area contributed by atoms with E-state index in [0.29, 0.717) is 11.3 Å². The molecule has 0 fully saturated rings. The van der Waals surface area contributed by atoms with E-state index in [-0.39, 0.29) is 29.9 Å². The van der Waals surface area contributed by atoms with Gasteiger partial charge in [0.15, 0.2) is 5.31 Å². The van der Waals surface area contributed by atoms with Crippen LogP contribution in [0.3, 0.4) is 0 Å². The highest BCUT2D eigenvalue weighted by Crippen LogP contribution is 2.58. The Bertz CT molecular complexity index is 1240. The predicted molar refractivity (Wildman–Crippen MR) is 134 cm³/mol. The van der Waals surface area contributed by atoms with Crippen molar-refractivity contribution < 1.29 is 31.6 Å². The summed E-state index contributed by atoms with van der Waals surface area (Å²) in [6.07, 6.45) is -4.58. The molecule has 0 radical (unpaired) electrons. The van der Waals surface area contributed by atoms with Crippen LogP contribution in [0, 0.1) is 0 Å². The number of para-hydroxylation sites is 1. The van der Waals surface area contributed by atoms with Crippen molar-refractivity contribution >= 4 is 30.6 Å². The molecule has 190 valence electrons. The zero-order valence-electron chi connectivity index (χ0n) is 19.7. The van der Waals surface area contributed by atoms with Gasteiger partial charge in [-0.3, -0.25) is 9.36 Å². The highest BCUT2D eigenvalue weighted by atomic mass is 31.2. The minimum absolute atomic E-state index is 0.00594. The summed E-state index contributed by atoms with van der Waals surface area (Å²) >= 11 is 0. The number of alkyl halides is 3. The molecule has 1 amide bonds. The van der Waals surface area contributed by atoms with Gasteiger partial charge >= 0.3 is 13.8 Å². The van der Waals surface area contributed by atoms with E-state index < -0.39 is 25.2 Å². The Morgan fingerprint density at radius 1 is 0.806 bits per heavy atom. The van der Waals surface area contributed by atoms with Crippen LogP contribution in [0.4, 0.5) is 24.5 Å². The molecule has 0 saturated carbocycles. The van der Waals surface area contributed by atoms with E-state index in [0.717, 1.165) is 12.1 Å². The fourth-order valence-electron chi connectivity index (χ4n) is 3.38. The lowest BCUT2D eigenvalue weighted by Gasteiger charge is -2.24. The summed E-state index contributed by atoms with van der Waals surface area (Å²) in [7, 11) is -4.24. The van der Waals surface area contributed by atoms with Gasteiger partial charge in [0.1, 0.15) is 0 Å². The Labute approximate surface area is 207 Å². The van der Waals surface area contributed by atoms with Crippen LogP contribution in [0.1, 0.15) is 25.0 Å². The monoisotopic (exact) mass is 518 g/mol. The van der Waals surface area contributed by atoms with E-state index >= 15 is 0 Å². The minimum Gasteiger partial charge on any atom is -0.354 e. The topological polar surface area (TPSA) is 76.7 Å². The second-order valence-corrected chi connectivity index (χ2v) is 9.40. The molecule has 0 aliphatic carbocycles. The number of hydrogen-bond donors (Lipinski definition) is 2. The normalized spacial score (nSPS) is 12.6. The standard InChI is InChI=1S/C26H26F3N2O4P/c1-3-34-36(33,35-4-2)24(25(32)31-21-15-9-6-10-16-21)23(19-12-7-5-8-13-19)30-22-17-11-14-20(18-22)26(27,28)29/h5-18,30H,3-4H2,1-2H3,(H,31,32)/b24-23+. The first kappa shape index (κ1) is 27.2. The van der Waals surface area contributed by atoms with Crippen LogP contribution in [0.2, 0.25) is 0 Å². The van der Waals surface area contributed by atoms with E-state index in [2.05, 4.69) is 10.6 Å². The maximum atomic E-state index is 14.0.